The molecule has 10 heavy (non-hydrogen) atoms. The van der Waals surface area contributed by atoms with Gasteiger partial charge in [0, 0.05) is 0 Å². The summed E-state index contributed by atoms with van der Waals surface area (Å²) in [5.41, 5.74) is 0. The van der Waals surface area contributed by atoms with Crippen LogP contribution in [0.15, 0.2) is 12.3 Å². The quantitative estimate of drug-likeness (QED) is 0.352. The molecule has 0 N–H and O–H groups in total. The molecule has 54 valence electrons. The zero-order chi connectivity index (χ0) is 7.72. The highest BCUT2D eigenvalue weighted by molar-refractivity contribution is 5.94. The number of esters is 2. The zero-order valence-corrected chi connectivity index (χ0v) is 5.42. The molecule has 1 fully saturated rings. The first-order valence-electron chi connectivity index (χ1n) is 2.73. The standard InChI is InChI=1S/C6H6O4/c1-3-5(7)10-4(2)6(8)9-3/h4H,1H2,2H3/t4-/m0/s1. The molecule has 0 unspecified atom stereocenters. The van der Waals surface area contributed by atoms with Crippen LogP contribution in [0.2, 0.25) is 0 Å². The van der Waals surface area contributed by atoms with Crippen molar-refractivity contribution in [1.29, 1.82) is 0 Å². The fraction of sp³-hybridized carbons (Fsp3) is 0.333. The van der Waals surface area contributed by atoms with Gasteiger partial charge in [0.1, 0.15) is 0 Å². The summed E-state index contributed by atoms with van der Waals surface area (Å²) in [4.78, 5) is 21.1. The van der Waals surface area contributed by atoms with Crippen molar-refractivity contribution < 1.29 is 19.1 Å². The molecular weight excluding hydrogens is 136 g/mol. The lowest BCUT2D eigenvalue weighted by atomic mass is 10.4. The molecule has 1 aliphatic rings. The monoisotopic (exact) mass is 142 g/mol. The van der Waals surface area contributed by atoms with Crippen molar-refractivity contribution in [1.82, 2.24) is 0 Å². The SMILES string of the molecule is C=C1OC(=O)[C@H](C)OC1=O. The van der Waals surface area contributed by atoms with Crippen LogP contribution < -0.4 is 0 Å². The number of ether oxygens (including phenoxy) is 2. The molecule has 1 rings (SSSR count). The lowest BCUT2D eigenvalue weighted by molar-refractivity contribution is -0.174. The molecule has 0 bridgehead atoms. The van der Waals surface area contributed by atoms with Crippen LogP contribution >= 0.6 is 0 Å². The van der Waals surface area contributed by atoms with Gasteiger partial charge in [-0.25, -0.2) is 9.59 Å². The van der Waals surface area contributed by atoms with Crippen LogP contribution in [0.5, 0.6) is 0 Å². The molecule has 4 nitrogen and oxygen atoms in total. The van der Waals surface area contributed by atoms with Gasteiger partial charge in [-0.15, -0.1) is 0 Å². The van der Waals surface area contributed by atoms with Gasteiger partial charge in [-0.1, -0.05) is 0 Å². The van der Waals surface area contributed by atoms with Crippen LogP contribution in [0.3, 0.4) is 0 Å². The Bertz CT molecular complexity index is 206. The Morgan fingerprint density at radius 2 is 2.10 bits per heavy atom. The summed E-state index contributed by atoms with van der Waals surface area (Å²) in [6, 6.07) is 0. The van der Waals surface area contributed by atoms with E-state index in [0.717, 1.165) is 0 Å². The van der Waals surface area contributed by atoms with Crippen LogP contribution in [-0.2, 0) is 19.1 Å². The number of rotatable bonds is 0. The van der Waals surface area contributed by atoms with Crippen LogP contribution in [0.4, 0.5) is 0 Å². The summed E-state index contributed by atoms with van der Waals surface area (Å²) in [5.74, 6) is -1.50. The van der Waals surface area contributed by atoms with Crippen LogP contribution in [-0.4, -0.2) is 18.0 Å². The minimum atomic E-state index is -0.807. The summed E-state index contributed by atoms with van der Waals surface area (Å²) < 4.78 is 8.90. The summed E-state index contributed by atoms with van der Waals surface area (Å²) in [7, 11) is 0. The molecule has 1 saturated heterocycles. The Morgan fingerprint density at radius 1 is 1.50 bits per heavy atom. The van der Waals surface area contributed by atoms with Gasteiger partial charge in [0.05, 0.1) is 0 Å². The Morgan fingerprint density at radius 3 is 2.60 bits per heavy atom. The third kappa shape index (κ3) is 1.00. The first kappa shape index (κ1) is 6.80. The van der Waals surface area contributed by atoms with E-state index in [9.17, 15) is 9.59 Å². The Balaban J connectivity index is 2.72. The molecule has 1 heterocycles. The van der Waals surface area contributed by atoms with Crippen LogP contribution in [0.25, 0.3) is 0 Å². The first-order valence-corrected chi connectivity index (χ1v) is 2.73. The van der Waals surface area contributed by atoms with Gasteiger partial charge in [0.15, 0.2) is 6.10 Å². The first-order chi connectivity index (χ1) is 4.61. The molecule has 0 saturated carbocycles. The van der Waals surface area contributed by atoms with Crippen molar-refractivity contribution in [3.8, 4) is 0 Å². The topological polar surface area (TPSA) is 52.6 Å². The van der Waals surface area contributed by atoms with Crippen molar-refractivity contribution in [2.24, 2.45) is 0 Å². The molecule has 0 aromatic carbocycles. The van der Waals surface area contributed by atoms with Gasteiger partial charge in [-0.05, 0) is 13.5 Å². The van der Waals surface area contributed by atoms with Crippen molar-refractivity contribution in [2.75, 3.05) is 0 Å². The van der Waals surface area contributed by atoms with Crippen molar-refractivity contribution in [3.05, 3.63) is 12.3 Å². The molecule has 0 aromatic rings. The lowest BCUT2D eigenvalue weighted by Gasteiger charge is -2.18. The molecule has 0 aromatic heterocycles. The Hall–Kier alpha value is -1.32. The van der Waals surface area contributed by atoms with Gasteiger partial charge in [-0.2, -0.15) is 0 Å². The van der Waals surface area contributed by atoms with Gasteiger partial charge < -0.3 is 9.47 Å². The highest BCUT2D eigenvalue weighted by Gasteiger charge is 2.29. The largest absolute Gasteiger partial charge is 0.445 e. The van der Waals surface area contributed by atoms with E-state index >= 15 is 0 Å². The second kappa shape index (κ2) is 2.13. The van der Waals surface area contributed by atoms with E-state index in [1.54, 1.807) is 0 Å². The van der Waals surface area contributed by atoms with E-state index in [1.807, 2.05) is 0 Å². The van der Waals surface area contributed by atoms with E-state index in [2.05, 4.69) is 16.1 Å². The van der Waals surface area contributed by atoms with Crippen LogP contribution in [0.1, 0.15) is 6.92 Å². The second-order valence-electron chi connectivity index (χ2n) is 1.89. The summed E-state index contributed by atoms with van der Waals surface area (Å²) in [5, 5.41) is 0. The Kier molecular flexibility index (Phi) is 1.45. The van der Waals surface area contributed by atoms with Gasteiger partial charge in [0.25, 0.3) is 0 Å². The fourth-order valence-corrected chi connectivity index (χ4v) is 0.520. The Labute approximate surface area is 57.4 Å². The van der Waals surface area contributed by atoms with E-state index < -0.39 is 18.0 Å². The van der Waals surface area contributed by atoms with Crippen LogP contribution in [0, 0.1) is 0 Å². The molecule has 1 aliphatic heterocycles. The van der Waals surface area contributed by atoms with Gasteiger partial charge >= 0.3 is 11.9 Å². The van der Waals surface area contributed by atoms with Crippen molar-refractivity contribution in [2.45, 2.75) is 13.0 Å². The predicted octanol–water partition coefficient (Wildman–Crippen LogP) is -0.0114. The third-order valence-electron chi connectivity index (χ3n) is 1.07. The van der Waals surface area contributed by atoms with E-state index in [-0.39, 0.29) is 5.76 Å². The van der Waals surface area contributed by atoms with E-state index in [0.29, 0.717) is 0 Å². The highest BCUT2D eigenvalue weighted by Crippen LogP contribution is 2.10. The predicted molar refractivity (Wildman–Crippen MR) is 30.8 cm³/mol. The van der Waals surface area contributed by atoms with E-state index in [4.69, 9.17) is 0 Å². The molecule has 0 radical (unpaired) electrons. The number of cyclic esters (lactones) is 2. The van der Waals surface area contributed by atoms with E-state index in [1.165, 1.54) is 6.92 Å². The fourth-order valence-electron chi connectivity index (χ4n) is 0.520. The average Bonchev–Trinajstić information content (AvgIpc) is 1.84. The number of hydrogen-bond donors (Lipinski definition) is 0. The van der Waals surface area contributed by atoms with Gasteiger partial charge in [0.2, 0.25) is 5.76 Å². The molecule has 1 atom stereocenters. The van der Waals surface area contributed by atoms with Crippen molar-refractivity contribution in [3.63, 3.8) is 0 Å². The number of hydrogen-bond acceptors (Lipinski definition) is 4. The third-order valence-corrected chi connectivity index (χ3v) is 1.07. The number of carbonyl (C=O) groups excluding carboxylic acids is 2. The minimum absolute atomic E-state index is 0.247. The van der Waals surface area contributed by atoms with Crippen molar-refractivity contribution >= 4 is 11.9 Å². The molecule has 4 heteroatoms. The summed E-state index contributed by atoms with van der Waals surface area (Å²) in [6.45, 7) is 4.60. The minimum Gasteiger partial charge on any atom is -0.445 e. The maximum absolute atomic E-state index is 10.6. The zero-order valence-electron chi connectivity index (χ0n) is 5.42. The maximum Gasteiger partial charge on any atom is 0.374 e. The normalized spacial score (nSPS) is 25.7. The number of carbonyl (C=O) groups is 2. The highest BCUT2D eigenvalue weighted by atomic mass is 16.6. The summed E-state index contributed by atoms with van der Waals surface area (Å²) in [6.07, 6.45) is -0.807. The molecule has 0 aliphatic carbocycles. The molecule has 0 amide bonds. The van der Waals surface area contributed by atoms with Gasteiger partial charge in [-0.3, -0.25) is 0 Å². The molecule has 0 spiro atoms. The lowest BCUT2D eigenvalue weighted by Crippen LogP contribution is -2.33. The summed E-state index contributed by atoms with van der Waals surface area (Å²) >= 11 is 0. The second-order valence-corrected chi connectivity index (χ2v) is 1.89. The maximum atomic E-state index is 10.6. The average molecular weight is 142 g/mol. The molecular formula is C6H6O4. The smallest absolute Gasteiger partial charge is 0.374 e.